The number of benzene rings is 1. The Morgan fingerprint density at radius 2 is 2.16 bits per heavy atom. The highest BCUT2D eigenvalue weighted by atomic mass is 16.2. The SMILES string of the molecule is Cc1ccc(C(=O)N2CCCCC2CCN)c(C)c1. The van der Waals surface area contributed by atoms with Crippen LogP contribution >= 0.6 is 0 Å². The van der Waals surface area contributed by atoms with Gasteiger partial charge < -0.3 is 10.6 Å². The first-order valence-electron chi connectivity index (χ1n) is 7.21. The Bertz CT molecular complexity index is 454. The number of rotatable bonds is 3. The van der Waals surface area contributed by atoms with E-state index in [1.54, 1.807) is 0 Å². The van der Waals surface area contributed by atoms with Gasteiger partial charge in [-0.15, -0.1) is 0 Å². The summed E-state index contributed by atoms with van der Waals surface area (Å²) in [4.78, 5) is 14.7. The average molecular weight is 260 g/mol. The Labute approximate surface area is 115 Å². The van der Waals surface area contributed by atoms with Gasteiger partial charge in [0.15, 0.2) is 0 Å². The summed E-state index contributed by atoms with van der Waals surface area (Å²) in [5.41, 5.74) is 8.79. The first-order chi connectivity index (χ1) is 9.13. The lowest BCUT2D eigenvalue weighted by atomic mass is 9.97. The van der Waals surface area contributed by atoms with Crippen LogP contribution in [0.4, 0.5) is 0 Å². The van der Waals surface area contributed by atoms with E-state index in [9.17, 15) is 4.79 Å². The van der Waals surface area contributed by atoms with E-state index < -0.39 is 0 Å². The molecule has 0 aromatic heterocycles. The summed E-state index contributed by atoms with van der Waals surface area (Å²) in [6, 6.07) is 6.38. The number of nitrogens with two attached hydrogens (primary N) is 1. The molecule has 2 N–H and O–H groups in total. The van der Waals surface area contributed by atoms with Crippen LogP contribution in [0, 0.1) is 13.8 Å². The van der Waals surface area contributed by atoms with Crippen molar-refractivity contribution in [2.24, 2.45) is 5.73 Å². The van der Waals surface area contributed by atoms with Crippen molar-refractivity contribution in [2.45, 2.75) is 45.6 Å². The summed E-state index contributed by atoms with van der Waals surface area (Å²) >= 11 is 0. The number of piperidine rings is 1. The lowest BCUT2D eigenvalue weighted by Gasteiger charge is -2.36. The monoisotopic (exact) mass is 260 g/mol. The third-order valence-corrected chi connectivity index (χ3v) is 4.00. The molecule has 1 atom stereocenters. The Morgan fingerprint density at radius 3 is 2.84 bits per heavy atom. The van der Waals surface area contributed by atoms with E-state index in [4.69, 9.17) is 5.73 Å². The van der Waals surface area contributed by atoms with Gasteiger partial charge in [0.2, 0.25) is 0 Å². The lowest BCUT2D eigenvalue weighted by Crippen LogP contribution is -2.44. The normalized spacial score (nSPS) is 19.5. The molecule has 1 unspecified atom stereocenters. The molecule has 1 aromatic rings. The van der Waals surface area contributed by atoms with Crippen LogP contribution in [0.25, 0.3) is 0 Å². The van der Waals surface area contributed by atoms with Crippen molar-refractivity contribution < 1.29 is 4.79 Å². The molecule has 1 fully saturated rings. The number of nitrogens with zero attached hydrogens (tertiary/aromatic N) is 1. The highest BCUT2D eigenvalue weighted by Gasteiger charge is 2.27. The second-order valence-electron chi connectivity index (χ2n) is 5.54. The number of amides is 1. The number of aryl methyl sites for hydroxylation is 2. The van der Waals surface area contributed by atoms with E-state index in [0.717, 1.165) is 36.9 Å². The molecule has 1 aliphatic rings. The van der Waals surface area contributed by atoms with Gasteiger partial charge in [0.1, 0.15) is 0 Å². The molecule has 1 aliphatic heterocycles. The van der Waals surface area contributed by atoms with Crippen molar-refractivity contribution in [1.29, 1.82) is 0 Å². The van der Waals surface area contributed by atoms with Crippen molar-refractivity contribution in [3.05, 3.63) is 34.9 Å². The van der Waals surface area contributed by atoms with Crippen molar-refractivity contribution in [3.8, 4) is 0 Å². The molecule has 104 valence electrons. The molecule has 2 rings (SSSR count). The predicted molar refractivity (Wildman–Crippen MR) is 78.3 cm³/mol. The van der Waals surface area contributed by atoms with Gasteiger partial charge in [-0.2, -0.15) is 0 Å². The smallest absolute Gasteiger partial charge is 0.254 e. The van der Waals surface area contributed by atoms with Crippen LogP contribution in [0.15, 0.2) is 18.2 Å². The van der Waals surface area contributed by atoms with Gasteiger partial charge >= 0.3 is 0 Å². The maximum Gasteiger partial charge on any atom is 0.254 e. The third kappa shape index (κ3) is 3.16. The molecule has 0 spiro atoms. The molecule has 19 heavy (non-hydrogen) atoms. The maximum absolute atomic E-state index is 12.7. The second kappa shape index (κ2) is 6.20. The highest BCUT2D eigenvalue weighted by molar-refractivity contribution is 5.96. The molecule has 0 radical (unpaired) electrons. The summed E-state index contributed by atoms with van der Waals surface area (Å²) in [5, 5.41) is 0. The van der Waals surface area contributed by atoms with Crippen LogP contribution in [0.3, 0.4) is 0 Å². The van der Waals surface area contributed by atoms with Gasteiger partial charge in [0.05, 0.1) is 0 Å². The van der Waals surface area contributed by atoms with Crippen LogP contribution in [-0.4, -0.2) is 29.9 Å². The summed E-state index contributed by atoms with van der Waals surface area (Å²) in [6.45, 7) is 5.60. The van der Waals surface area contributed by atoms with E-state index in [0.29, 0.717) is 12.6 Å². The quantitative estimate of drug-likeness (QED) is 0.908. The van der Waals surface area contributed by atoms with Crippen molar-refractivity contribution >= 4 is 5.91 Å². The summed E-state index contributed by atoms with van der Waals surface area (Å²) in [7, 11) is 0. The number of carbonyl (C=O) groups is 1. The van der Waals surface area contributed by atoms with E-state index in [-0.39, 0.29) is 5.91 Å². The van der Waals surface area contributed by atoms with Gasteiger partial charge in [-0.3, -0.25) is 4.79 Å². The van der Waals surface area contributed by atoms with E-state index in [1.807, 2.05) is 24.0 Å². The number of hydrogen-bond acceptors (Lipinski definition) is 2. The Morgan fingerprint density at radius 1 is 1.37 bits per heavy atom. The summed E-state index contributed by atoms with van der Waals surface area (Å²) < 4.78 is 0. The topological polar surface area (TPSA) is 46.3 Å². The molecule has 0 saturated carbocycles. The highest BCUT2D eigenvalue weighted by Crippen LogP contribution is 2.23. The van der Waals surface area contributed by atoms with Gasteiger partial charge in [0, 0.05) is 18.2 Å². The van der Waals surface area contributed by atoms with E-state index in [1.165, 1.54) is 12.0 Å². The van der Waals surface area contributed by atoms with Gasteiger partial charge in [-0.05, 0) is 57.7 Å². The van der Waals surface area contributed by atoms with Gasteiger partial charge in [-0.25, -0.2) is 0 Å². The largest absolute Gasteiger partial charge is 0.336 e. The zero-order chi connectivity index (χ0) is 13.8. The molecular weight excluding hydrogens is 236 g/mol. The zero-order valence-corrected chi connectivity index (χ0v) is 12.0. The van der Waals surface area contributed by atoms with Crippen LogP contribution in [-0.2, 0) is 0 Å². The summed E-state index contributed by atoms with van der Waals surface area (Å²) in [6.07, 6.45) is 4.32. The molecular formula is C16H24N2O. The van der Waals surface area contributed by atoms with Crippen LogP contribution in [0.5, 0.6) is 0 Å². The van der Waals surface area contributed by atoms with Crippen LogP contribution in [0.2, 0.25) is 0 Å². The number of hydrogen-bond donors (Lipinski definition) is 1. The Balaban J connectivity index is 2.21. The Hall–Kier alpha value is -1.35. The average Bonchev–Trinajstić information content (AvgIpc) is 2.39. The fourth-order valence-corrected chi connectivity index (χ4v) is 2.97. The molecule has 1 saturated heterocycles. The standard InChI is InChI=1S/C16H24N2O/c1-12-6-7-15(13(2)11-12)16(19)18-10-4-3-5-14(18)8-9-17/h6-7,11,14H,3-5,8-10,17H2,1-2H3. The summed E-state index contributed by atoms with van der Waals surface area (Å²) in [5.74, 6) is 0.177. The minimum Gasteiger partial charge on any atom is -0.336 e. The molecule has 1 amide bonds. The van der Waals surface area contributed by atoms with Gasteiger partial charge in [-0.1, -0.05) is 17.7 Å². The Kier molecular flexibility index (Phi) is 4.59. The van der Waals surface area contributed by atoms with Crippen LogP contribution < -0.4 is 5.73 Å². The molecule has 0 bridgehead atoms. The van der Waals surface area contributed by atoms with E-state index in [2.05, 4.69) is 13.0 Å². The van der Waals surface area contributed by atoms with Crippen molar-refractivity contribution in [3.63, 3.8) is 0 Å². The van der Waals surface area contributed by atoms with Crippen molar-refractivity contribution in [2.75, 3.05) is 13.1 Å². The number of likely N-dealkylation sites (tertiary alicyclic amines) is 1. The van der Waals surface area contributed by atoms with E-state index >= 15 is 0 Å². The molecule has 3 heteroatoms. The van der Waals surface area contributed by atoms with Crippen LogP contribution in [0.1, 0.15) is 47.2 Å². The maximum atomic E-state index is 12.7. The molecule has 3 nitrogen and oxygen atoms in total. The van der Waals surface area contributed by atoms with Crippen molar-refractivity contribution in [1.82, 2.24) is 4.90 Å². The molecule has 1 heterocycles. The fourth-order valence-electron chi connectivity index (χ4n) is 2.97. The molecule has 1 aromatic carbocycles. The minimum absolute atomic E-state index is 0.177. The second-order valence-corrected chi connectivity index (χ2v) is 5.54. The lowest BCUT2D eigenvalue weighted by molar-refractivity contribution is 0.0604. The number of carbonyl (C=O) groups excluding carboxylic acids is 1. The minimum atomic E-state index is 0.177. The molecule has 0 aliphatic carbocycles. The zero-order valence-electron chi connectivity index (χ0n) is 12.0. The predicted octanol–water partition coefficient (Wildman–Crippen LogP) is 2.65. The first kappa shape index (κ1) is 14.1. The fraction of sp³-hybridized carbons (Fsp3) is 0.562. The van der Waals surface area contributed by atoms with Gasteiger partial charge in [0.25, 0.3) is 5.91 Å². The first-order valence-corrected chi connectivity index (χ1v) is 7.21. The third-order valence-electron chi connectivity index (χ3n) is 4.00.